The molecule has 3 heterocycles. The van der Waals surface area contributed by atoms with Crippen LogP contribution in [-0.4, -0.2) is 13.7 Å². The van der Waals surface area contributed by atoms with Crippen molar-refractivity contribution in [3.8, 4) is 28.2 Å². The summed E-state index contributed by atoms with van der Waals surface area (Å²) in [6, 6.07) is 78.1. The summed E-state index contributed by atoms with van der Waals surface area (Å²) in [6.45, 7) is 0. The Bertz CT molecular complexity index is 3830. The van der Waals surface area contributed by atoms with E-state index in [2.05, 4.69) is 226 Å². The maximum Gasteiger partial charge on any atom is 0.0547 e. The quantitative estimate of drug-likeness (QED) is 0.159. The van der Waals surface area contributed by atoms with Crippen molar-refractivity contribution >= 4 is 87.0 Å². The molecule has 0 N–H and O–H groups in total. The Hall–Kier alpha value is -7.88. The van der Waals surface area contributed by atoms with Crippen molar-refractivity contribution in [1.29, 1.82) is 0 Å². The van der Waals surface area contributed by atoms with Crippen LogP contribution in [0.5, 0.6) is 0 Å². The van der Waals surface area contributed by atoms with E-state index in [1.807, 2.05) is 0 Å². The Morgan fingerprint density at radius 2 is 0.610 bits per heavy atom. The van der Waals surface area contributed by atoms with Crippen LogP contribution in [0.3, 0.4) is 0 Å². The molecule has 0 spiro atoms. The molecule has 0 radical (unpaired) electrons. The van der Waals surface area contributed by atoms with Crippen LogP contribution in [-0.2, 0) is 0 Å². The van der Waals surface area contributed by atoms with Gasteiger partial charge in [-0.25, -0.2) is 0 Å². The molecule has 0 fully saturated rings. The highest BCUT2D eigenvalue weighted by molar-refractivity contribution is 6.16. The van der Waals surface area contributed by atoms with Crippen molar-refractivity contribution in [1.82, 2.24) is 13.7 Å². The third kappa shape index (κ3) is 4.76. The fourth-order valence-electron chi connectivity index (χ4n) is 9.88. The van der Waals surface area contributed by atoms with Crippen LogP contribution in [0.2, 0.25) is 0 Å². The molecule has 3 aromatic heterocycles. The van der Waals surface area contributed by atoms with Crippen molar-refractivity contribution in [3.05, 3.63) is 212 Å². The first-order valence-electron chi connectivity index (χ1n) is 20.3. The normalized spacial score (nSPS) is 12.1. The largest absolute Gasteiger partial charge is 0.309 e. The lowest BCUT2D eigenvalue weighted by atomic mass is 10.0. The zero-order valence-electron chi connectivity index (χ0n) is 32.0. The molecule has 3 nitrogen and oxygen atoms in total. The first kappa shape index (κ1) is 32.2. The number of hydrogen-bond donors (Lipinski definition) is 0. The summed E-state index contributed by atoms with van der Waals surface area (Å²) in [6.07, 6.45) is 0. The SMILES string of the molecule is c1ccc(-n2c3ccccc3c3cc(-c4ccc5c(c4)c4ccccc4n5-c4ccc5cc6cc7c(cc6cc5c4)c4ccccc4n7-c4ccccc4)ccc32)cc1. The molecular weight excluding hydrogens is 715 g/mol. The molecule has 0 aliphatic rings. The van der Waals surface area contributed by atoms with E-state index in [9.17, 15) is 0 Å². The van der Waals surface area contributed by atoms with Gasteiger partial charge in [0.25, 0.3) is 0 Å². The average molecular weight is 750 g/mol. The van der Waals surface area contributed by atoms with Gasteiger partial charge in [-0.05, 0) is 136 Å². The minimum atomic E-state index is 1.16. The van der Waals surface area contributed by atoms with Gasteiger partial charge in [-0.2, -0.15) is 0 Å². The van der Waals surface area contributed by atoms with Gasteiger partial charge in [-0.15, -0.1) is 0 Å². The van der Waals surface area contributed by atoms with Crippen LogP contribution in [0.15, 0.2) is 212 Å². The van der Waals surface area contributed by atoms with Crippen LogP contribution >= 0.6 is 0 Å². The van der Waals surface area contributed by atoms with Gasteiger partial charge in [0, 0.05) is 49.4 Å². The number of rotatable bonds is 4. The van der Waals surface area contributed by atoms with Crippen molar-refractivity contribution in [2.24, 2.45) is 0 Å². The molecule has 274 valence electrons. The predicted molar refractivity (Wildman–Crippen MR) is 250 cm³/mol. The topological polar surface area (TPSA) is 14.8 Å². The molecule has 0 unspecified atom stereocenters. The molecular formula is C56H35N3. The Labute approximate surface area is 339 Å². The standard InChI is InChI=1S/C56H35N3/c1-3-13-42(14-4-1)57-51-20-10-7-17-45(51)48-32-37(24-27-54(48)57)38-25-28-55-49(33-38)46-18-8-12-22-53(46)59(55)44-26-23-36-29-41-35-56-50(34-40(41)30-39(36)31-44)47-19-9-11-21-52(47)58(56)43-15-5-2-6-16-43/h1-35H. The maximum absolute atomic E-state index is 2.44. The highest BCUT2D eigenvalue weighted by Gasteiger charge is 2.18. The lowest BCUT2D eigenvalue weighted by Crippen LogP contribution is -1.94. The minimum Gasteiger partial charge on any atom is -0.309 e. The van der Waals surface area contributed by atoms with E-state index in [4.69, 9.17) is 0 Å². The molecule has 13 rings (SSSR count). The molecule has 0 saturated carbocycles. The van der Waals surface area contributed by atoms with E-state index in [1.165, 1.54) is 109 Å². The van der Waals surface area contributed by atoms with Crippen molar-refractivity contribution in [2.75, 3.05) is 0 Å². The second-order valence-corrected chi connectivity index (χ2v) is 15.8. The second-order valence-electron chi connectivity index (χ2n) is 15.8. The third-order valence-electron chi connectivity index (χ3n) is 12.5. The number of fused-ring (bicyclic) bond motifs is 11. The van der Waals surface area contributed by atoms with E-state index in [0.717, 1.165) is 5.69 Å². The zero-order chi connectivity index (χ0) is 38.6. The maximum atomic E-state index is 2.44. The number of para-hydroxylation sites is 5. The van der Waals surface area contributed by atoms with E-state index in [-0.39, 0.29) is 0 Å². The Morgan fingerprint density at radius 3 is 1.17 bits per heavy atom. The lowest BCUT2D eigenvalue weighted by molar-refractivity contribution is 1.18. The van der Waals surface area contributed by atoms with Crippen molar-refractivity contribution in [2.45, 2.75) is 0 Å². The Kier molecular flexibility index (Phi) is 6.72. The van der Waals surface area contributed by atoms with Crippen molar-refractivity contribution in [3.63, 3.8) is 0 Å². The molecule has 0 saturated heterocycles. The summed E-state index contributed by atoms with van der Waals surface area (Å²) in [5.74, 6) is 0. The number of hydrogen-bond acceptors (Lipinski definition) is 0. The molecule has 0 aliphatic heterocycles. The zero-order valence-corrected chi connectivity index (χ0v) is 32.0. The van der Waals surface area contributed by atoms with E-state index in [1.54, 1.807) is 0 Å². The van der Waals surface area contributed by atoms with E-state index in [0.29, 0.717) is 0 Å². The number of nitrogens with zero attached hydrogens (tertiary/aromatic N) is 3. The van der Waals surface area contributed by atoms with Crippen LogP contribution in [0, 0.1) is 0 Å². The molecule has 0 amide bonds. The summed E-state index contributed by atoms with van der Waals surface area (Å²) in [4.78, 5) is 0. The smallest absolute Gasteiger partial charge is 0.0547 e. The lowest BCUT2D eigenvalue weighted by Gasteiger charge is -2.11. The summed E-state index contributed by atoms with van der Waals surface area (Å²) in [5.41, 5.74) is 13.2. The van der Waals surface area contributed by atoms with Gasteiger partial charge in [-0.1, -0.05) is 109 Å². The van der Waals surface area contributed by atoms with Gasteiger partial charge in [0.15, 0.2) is 0 Å². The molecule has 59 heavy (non-hydrogen) atoms. The molecule has 10 aromatic carbocycles. The fourth-order valence-corrected chi connectivity index (χ4v) is 9.88. The van der Waals surface area contributed by atoms with Crippen LogP contribution in [0.25, 0.3) is 115 Å². The molecule has 0 aliphatic carbocycles. The summed E-state index contributed by atoms with van der Waals surface area (Å²) in [7, 11) is 0. The molecule has 13 aromatic rings. The molecule has 3 heteroatoms. The Morgan fingerprint density at radius 1 is 0.203 bits per heavy atom. The van der Waals surface area contributed by atoms with Crippen LogP contribution in [0.1, 0.15) is 0 Å². The van der Waals surface area contributed by atoms with E-state index >= 15 is 0 Å². The second kappa shape index (κ2) is 12.3. The highest BCUT2D eigenvalue weighted by Crippen LogP contribution is 2.40. The minimum absolute atomic E-state index is 1.16. The van der Waals surface area contributed by atoms with Crippen LogP contribution in [0.4, 0.5) is 0 Å². The van der Waals surface area contributed by atoms with Crippen molar-refractivity contribution < 1.29 is 0 Å². The van der Waals surface area contributed by atoms with Gasteiger partial charge in [0.1, 0.15) is 0 Å². The van der Waals surface area contributed by atoms with Gasteiger partial charge in [0.2, 0.25) is 0 Å². The molecule has 0 atom stereocenters. The molecule has 0 bridgehead atoms. The van der Waals surface area contributed by atoms with Gasteiger partial charge < -0.3 is 13.7 Å². The monoisotopic (exact) mass is 749 g/mol. The Balaban J connectivity index is 0.958. The first-order valence-corrected chi connectivity index (χ1v) is 20.3. The summed E-state index contributed by atoms with van der Waals surface area (Å²) >= 11 is 0. The summed E-state index contributed by atoms with van der Waals surface area (Å²) in [5, 5.41) is 12.5. The summed E-state index contributed by atoms with van der Waals surface area (Å²) < 4.78 is 7.21. The highest BCUT2D eigenvalue weighted by atomic mass is 15.0. The first-order chi connectivity index (χ1) is 29.2. The van der Waals surface area contributed by atoms with Gasteiger partial charge >= 0.3 is 0 Å². The average Bonchev–Trinajstić information content (AvgIpc) is 3.93. The number of aromatic nitrogens is 3. The predicted octanol–water partition coefficient (Wildman–Crippen LogP) is 15.0. The van der Waals surface area contributed by atoms with Gasteiger partial charge in [0.05, 0.1) is 33.1 Å². The fraction of sp³-hybridized carbons (Fsp3) is 0. The van der Waals surface area contributed by atoms with Crippen LogP contribution < -0.4 is 0 Å². The van der Waals surface area contributed by atoms with E-state index < -0.39 is 0 Å². The third-order valence-corrected chi connectivity index (χ3v) is 12.5. The van der Waals surface area contributed by atoms with Gasteiger partial charge in [-0.3, -0.25) is 0 Å². The number of benzene rings is 10.